The van der Waals surface area contributed by atoms with Gasteiger partial charge in [0.05, 0.1) is 13.4 Å². The van der Waals surface area contributed by atoms with Gasteiger partial charge in [0.2, 0.25) is 0 Å². The molecule has 5 nitrogen and oxygen atoms in total. The zero-order valence-electron chi connectivity index (χ0n) is 14.1. The minimum atomic E-state index is -3.59. The molecular weight excluding hydrogens is 326 g/mol. The van der Waals surface area contributed by atoms with Crippen LogP contribution in [0.3, 0.4) is 0 Å². The van der Waals surface area contributed by atoms with Crippen LogP contribution in [0.15, 0.2) is 54.6 Å². The largest absolute Gasteiger partial charge is 0.497 e. The van der Waals surface area contributed by atoms with Crippen molar-refractivity contribution in [1.82, 2.24) is 5.32 Å². The highest BCUT2D eigenvalue weighted by atomic mass is 32.2. The zero-order chi connectivity index (χ0) is 17.6. The minimum absolute atomic E-state index is 0.201. The van der Waals surface area contributed by atoms with E-state index in [4.69, 9.17) is 8.92 Å². The lowest BCUT2D eigenvalue weighted by Gasteiger charge is -2.25. The Labute approximate surface area is 143 Å². The molecule has 0 aliphatic rings. The van der Waals surface area contributed by atoms with Gasteiger partial charge in [0, 0.05) is 12.6 Å². The number of rotatable bonds is 8. The fourth-order valence-electron chi connectivity index (χ4n) is 2.39. The quantitative estimate of drug-likeness (QED) is 0.743. The van der Waals surface area contributed by atoms with Crippen molar-refractivity contribution in [1.29, 1.82) is 0 Å². The second kappa shape index (κ2) is 8.28. The van der Waals surface area contributed by atoms with Gasteiger partial charge in [0.25, 0.3) is 10.1 Å². The predicted octanol–water partition coefficient (Wildman–Crippen LogP) is 2.89. The van der Waals surface area contributed by atoms with E-state index in [1.807, 2.05) is 49.4 Å². The van der Waals surface area contributed by atoms with Crippen LogP contribution < -0.4 is 10.1 Å². The first-order valence-electron chi connectivity index (χ1n) is 7.68. The minimum Gasteiger partial charge on any atom is -0.497 e. The first-order valence-corrected chi connectivity index (χ1v) is 9.50. The first-order chi connectivity index (χ1) is 11.4. The van der Waals surface area contributed by atoms with Gasteiger partial charge >= 0.3 is 0 Å². The Bertz CT molecular complexity index is 729. The van der Waals surface area contributed by atoms with Crippen molar-refractivity contribution < 1.29 is 17.3 Å². The highest BCUT2D eigenvalue weighted by molar-refractivity contribution is 7.86. The van der Waals surface area contributed by atoms with Gasteiger partial charge in [0.15, 0.2) is 0 Å². The Balaban J connectivity index is 2.14. The summed E-state index contributed by atoms with van der Waals surface area (Å²) in [6.45, 7) is 2.53. The number of methoxy groups -OCH3 is 1. The summed E-state index contributed by atoms with van der Waals surface area (Å²) >= 11 is 0. The average Bonchev–Trinajstić information content (AvgIpc) is 2.58. The summed E-state index contributed by atoms with van der Waals surface area (Å²) in [6, 6.07) is 16.9. The molecular formula is C18H23NO4S. The summed E-state index contributed by atoms with van der Waals surface area (Å²) in [4.78, 5) is 0. The molecule has 0 saturated carbocycles. The highest BCUT2D eigenvalue weighted by Crippen LogP contribution is 2.25. The lowest BCUT2D eigenvalue weighted by atomic mass is 10.0. The standard InChI is InChI=1S/C18H23NO4S/c1-14(19-13-15-7-5-4-6-8-15)18(23-24(3,20)21)16-9-11-17(22-2)12-10-16/h4-12,14,18-19H,13H2,1-3H3. The van der Waals surface area contributed by atoms with Crippen LogP contribution >= 0.6 is 0 Å². The van der Waals surface area contributed by atoms with E-state index in [1.54, 1.807) is 19.2 Å². The summed E-state index contributed by atoms with van der Waals surface area (Å²) in [5.74, 6) is 0.710. The zero-order valence-corrected chi connectivity index (χ0v) is 14.9. The van der Waals surface area contributed by atoms with Gasteiger partial charge in [-0.05, 0) is 30.2 Å². The SMILES string of the molecule is COc1ccc(C(OS(C)(=O)=O)C(C)NCc2ccccc2)cc1. The van der Waals surface area contributed by atoms with Gasteiger partial charge in [-0.2, -0.15) is 8.42 Å². The van der Waals surface area contributed by atoms with E-state index < -0.39 is 16.2 Å². The Morgan fingerprint density at radius 1 is 1.04 bits per heavy atom. The van der Waals surface area contributed by atoms with Crippen LogP contribution in [0.5, 0.6) is 5.75 Å². The van der Waals surface area contributed by atoms with Gasteiger partial charge in [-0.15, -0.1) is 0 Å². The fraction of sp³-hybridized carbons (Fsp3) is 0.333. The van der Waals surface area contributed by atoms with Crippen LogP contribution in [-0.4, -0.2) is 27.8 Å². The maximum absolute atomic E-state index is 11.6. The summed E-state index contributed by atoms with van der Waals surface area (Å²) < 4.78 is 33.7. The summed E-state index contributed by atoms with van der Waals surface area (Å²) in [5.41, 5.74) is 1.89. The van der Waals surface area contributed by atoms with Crippen molar-refractivity contribution in [2.75, 3.05) is 13.4 Å². The molecule has 0 amide bonds. The van der Waals surface area contributed by atoms with Crippen LogP contribution in [0.2, 0.25) is 0 Å². The van der Waals surface area contributed by atoms with Crippen LogP contribution in [0.1, 0.15) is 24.2 Å². The molecule has 2 unspecified atom stereocenters. The lowest BCUT2D eigenvalue weighted by molar-refractivity contribution is 0.170. The molecule has 0 aromatic heterocycles. The van der Waals surface area contributed by atoms with Crippen LogP contribution in [-0.2, 0) is 20.8 Å². The van der Waals surface area contributed by atoms with E-state index in [2.05, 4.69) is 5.32 Å². The van der Waals surface area contributed by atoms with Crippen LogP contribution in [0.4, 0.5) is 0 Å². The summed E-state index contributed by atoms with van der Waals surface area (Å²) in [5, 5.41) is 3.33. The number of hydrogen-bond donors (Lipinski definition) is 1. The molecule has 6 heteroatoms. The Hall–Kier alpha value is -1.89. The van der Waals surface area contributed by atoms with E-state index >= 15 is 0 Å². The third-order valence-electron chi connectivity index (χ3n) is 3.65. The lowest BCUT2D eigenvalue weighted by Crippen LogP contribution is -2.34. The van der Waals surface area contributed by atoms with E-state index in [9.17, 15) is 8.42 Å². The number of nitrogens with one attached hydrogen (secondary N) is 1. The Morgan fingerprint density at radius 2 is 1.67 bits per heavy atom. The van der Waals surface area contributed by atoms with Gasteiger partial charge < -0.3 is 10.1 Å². The van der Waals surface area contributed by atoms with Crippen molar-refractivity contribution in [3.63, 3.8) is 0 Å². The second-order valence-corrected chi connectivity index (χ2v) is 7.25. The smallest absolute Gasteiger partial charge is 0.265 e. The molecule has 130 valence electrons. The van der Waals surface area contributed by atoms with Crippen molar-refractivity contribution in [2.45, 2.75) is 25.6 Å². The molecule has 24 heavy (non-hydrogen) atoms. The maximum atomic E-state index is 11.6. The van der Waals surface area contributed by atoms with Gasteiger partial charge in [-0.3, -0.25) is 4.18 Å². The van der Waals surface area contributed by atoms with Gasteiger partial charge in [-0.1, -0.05) is 42.5 Å². The molecule has 0 aliphatic heterocycles. The van der Waals surface area contributed by atoms with E-state index in [0.717, 1.165) is 17.4 Å². The summed E-state index contributed by atoms with van der Waals surface area (Å²) in [6.07, 6.45) is 0.447. The van der Waals surface area contributed by atoms with Crippen LogP contribution in [0.25, 0.3) is 0 Å². The monoisotopic (exact) mass is 349 g/mol. The molecule has 0 saturated heterocycles. The molecule has 2 atom stereocenters. The average molecular weight is 349 g/mol. The molecule has 2 aromatic carbocycles. The number of ether oxygens (including phenoxy) is 1. The van der Waals surface area contributed by atoms with Gasteiger partial charge in [0.1, 0.15) is 11.9 Å². The predicted molar refractivity (Wildman–Crippen MR) is 94.4 cm³/mol. The topological polar surface area (TPSA) is 64.6 Å². The van der Waals surface area contributed by atoms with Crippen molar-refractivity contribution in [3.05, 3.63) is 65.7 Å². The van der Waals surface area contributed by atoms with E-state index in [-0.39, 0.29) is 6.04 Å². The normalized spacial score (nSPS) is 14.1. The third kappa shape index (κ3) is 5.63. The molecule has 0 aliphatic carbocycles. The first kappa shape index (κ1) is 18.4. The Morgan fingerprint density at radius 3 is 2.21 bits per heavy atom. The van der Waals surface area contributed by atoms with Gasteiger partial charge in [-0.25, -0.2) is 0 Å². The molecule has 0 radical (unpaired) electrons. The highest BCUT2D eigenvalue weighted by Gasteiger charge is 2.24. The number of benzene rings is 2. The molecule has 0 spiro atoms. The van der Waals surface area contributed by atoms with Crippen molar-refractivity contribution >= 4 is 10.1 Å². The number of hydrogen-bond acceptors (Lipinski definition) is 5. The van der Waals surface area contributed by atoms with Crippen molar-refractivity contribution in [3.8, 4) is 5.75 Å². The molecule has 0 fully saturated rings. The molecule has 2 rings (SSSR count). The van der Waals surface area contributed by atoms with Crippen molar-refractivity contribution in [2.24, 2.45) is 0 Å². The third-order valence-corrected chi connectivity index (χ3v) is 4.20. The van der Waals surface area contributed by atoms with E-state index in [0.29, 0.717) is 12.3 Å². The summed E-state index contributed by atoms with van der Waals surface area (Å²) in [7, 11) is -2.00. The Kier molecular flexibility index (Phi) is 6.36. The van der Waals surface area contributed by atoms with E-state index in [1.165, 1.54) is 0 Å². The molecule has 0 bridgehead atoms. The molecule has 1 N–H and O–H groups in total. The molecule has 2 aromatic rings. The van der Waals surface area contributed by atoms with Crippen LogP contribution in [0, 0.1) is 0 Å². The second-order valence-electron chi connectivity index (χ2n) is 5.65. The maximum Gasteiger partial charge on any atom is 0.265 e. The fourth-order valence-corrected chi connectivity index (χ4v) is 3.05. The molecule has 0 heterocycles.